The number of thiophene rings is 1. The van der Waals surface area contributed by atoms with Crippen molar-refractivity contribution < 1.29 is 19.1 Å². The second kappa shape index (κ2) is 9.67. The van der Waals surface area contributed by atoms with Gasteiger partial charge in [0.1, 0.15) is 5.00 Å². The van der Waals surface area contributed by atoms with E-state index in [4.69, 9.17) is 4.74 Å². The lowest BCUT2D eigenvalue weighted by molar-refractivity contribution is -0.130. The quantitative estimate of drug-likeness (QED) is 0.734. The third-order valence-corrected chi connectivity index (χ3v) is 5.82. The van der Waals surface area contributed by atoms with E-state index >= 15 is 0 Å². The minimum atomic E-state index is -0.448. The summed E-state index contributed by atoms with van der Waals surface area (Å²) < 4.78 is 5.15. The van der Waals surface area contributed by atoms with Gasteiger partial charge in [-0.25, -0.2) is 4.79 Å². The highest BCUT2D eigenvalue weighted by Crippen LogP contribution is 2.35. The van der Waals surface area contributed by atoms with E-state index in [1.807, 2.05) is 35.2 Å². The van der Waals surface area contributed by atoms with Crippen LogP contribution in [-0.2, 0) is 14.3 Å². The molecule has 0 atom stereocenters. The Balaban J connectivity index is 1.70. The standard InChI is InChI=1S/C21H25N3O4S/c1-3-28-21(27)17-13-18(16-7-5-4-6-8-16)29-20(17)22-19(26)14-23-9-11-24(12-10-23)15(2)25/h4-8,13H,3,9-12,14H2,1-2H3,(H,22,26). The highest BCUT2D eigenvalue weighted by atomic mass is 32.1. The van der Waals surface area contributed by atoms with Crippen LogP contribution >= 0.6 is 11.3 Å². The zero-order chi connectivity index (χ0) is 20.8. The topological polar surface area (TPSA) is 79.0 Å². The fourth-order valence-corrected chi connectivity index (χ4v) is 4.25. The number of carbonyl (C=O) groups is 3. The molecule has 0 bridgehead atoms. The SMILES string of the molecule is CCOC(=O)c1cc(-c2ccccc2)sc1NC(=O)CN1CCN(C(C)=O)CC1. The summed E-state index contributed by atoms with van der Waals surface area (Å²) in [7, 11) is 0. The fourth-order valence-electron chi connectivity index (χ4n) is 3.18. The molecule has 7 nitrogen and oxygen atoms in total. The maximum absolute atomic E-state index is 12.6. The Hall–Kier alpha value is -2.71. The van der Waals surface area contributed by atoms with Crippen LogP contribution in [0.4, 0.5) is 5.00 Å². The van der Waals surface area contributed by atoms with Crippen LogP contribution in [0.25, 0.3) is 10.4 Å². The predicted molar refractivity (Wildman–Crippen MR) is 113 cm³/mol. The van der Waals surface area contributed by atoms with Gasteiger partial charge in [0.05, 0.1) is 18.7 Å². The molecule has 29 heavy (non-hydrogen) atoms. The number of esters is 1. The predicted octanol–water partition coefficient (Wildman–Crippen LogP) is 2.69. The van der Waals surface area contributed by atoms with E-state index < -0.39 is 5.97 Å². The molecule has 1 aliphatic rings. The maximum Gasteiger partial charge on any atom is 0.341 e. The van der Waals surface area contributed by atoms with Gasteiger partial charge in [-0.05, 0) is 18.6 Å². The first-order chi connectivity index (χ1) is 14.0. The van der Waals surface area contributed by atoms with Crippen molar-refractivity contribution in [3.8, 4) is 10.4 Å². The summed E-state index contributed by atoms with van der Waals surface area (Å²) in [6.07, 6.45) is 0. The molecule has 0 saturated carbocycles. The number of hydrogen-bond acceptors (Lipinski definition) is 6. The number of hydrogen-bond donors (Lipinski definition) is 1. The molecule has 3 rings (SSSR count). The van der Waals surface area contributed by atoms with E-state index in [1.54, 1.807) is 24.8 Å². The van der Waals surface area contributed by atoms with Gasteiger partial charge >= 0.3 is 5.97 Å². The van der Waals surface area contributed by atoms with E-state index in [-0.39, 0.29) is 25.0 Å². The summed E-state index contributed by atoms with van der Waals surface area (Å²) in [5.41, 5.74) is 1.34. The molecule has 0 spiro atoms. The number of anilines is 1. The average Bonchev–Trinajstić information content (AvgIpc) is 3.13. The number of nitrogens with one attached hydrogen (secondary N) is 1. The molecule has 8 heteroatoms. The molecule has 2 heterocycles. The van der Waals surface area contributed by atoms with E-state index in [2.05, 4.69) is 5.32 Å². The molecule has 1 N–H and O–H groups in total. The first-order valence-corrected chi connectivity index (χ1v) is 10.4. The summed E-state index contributed by atoms with van der Waals surface area (Å²) in [5, 5.41) is 3.37. The van der Waals surface area contributed by atoms with Gasteiger partial charge in [-0.15, -0.1) is 11.3 Å². The van der Waals surface area contributed by atoms with Gasteiger partial charge in [0, 0.05) is 38.0 Å². The Morgan fingerprint density at radius 3 is 2.41 bits per heavy atom. The second-order valence-electron chi connectivity index (χ2n) is 6.77. The number of benzene rings is 1. The van der Waals surface area contributed by atoms with Gasteiger partial charge in [-0.1, -0.05) is 30.3 Å². The Labute approximate surface area is 174 Å². The van der Waals surface area contributed by atoms with Crippen LogP contribution in [0.2, 0.25) is 0 Å². The highest BCUT2D eigenvalue weighted by Gasteiger charge is 2.23. The van der Waals surface area contributed by atoms with Crippen molar-refractivity contribution in [3.63, 3.8) is 0 Å². The van der Waals surface area contributed by atoms with E-state index in [9.17, 15) is 14.4 Å². The number of ether oxygens (including phenoxy) is 1. The van der Waals surface area contributed by atoms with Crippen LogP contribution in [-0.4, -0.2) is 66.9 Å². The van der Waals surface area contributed by atoms with Crippen molar-refractivity contribution in [1.29, 1.82) is 0 Å². The molecule has 2 amide bonds. The Kier molecular flexibility index (Phi) is 7.00. The average molecular weight is 416 g/mol. The van der Waals surface area contributed by atoms with Crippen molar-refractivity contribution in [2.45, 2.75) is 13.8 Å². The molecule has 1 aliphatic heterocycles. The normalized spacial score (nSPS) is 14.5. The molecular formula is C21H25N3O4S. The summed E-state index contributed by atoms with van der Waals surface area (Å²) >= 11 is 1.36. The summed E-state index contributed by atoms with van der Waals surface area (Å²) in [6.45, 7) is 6.33. The van der Waals surface area contributed by atoms with Gasteiger partial charge in [-0.3, -0.25) is 14.5 Å². The van der Waals surface area contributed by atoms with E-state index in [0.717, 1.165) is 10.4 Å². The van der Waals surface area contributed by atoms with Crippen LogP contribution in [0.15, 0.2) is 36.4 Å². The molecule has 154 valence electrons. The number of nitrogens with zero attached hydrogens (tertiary/aromatic N) is 2. The lowest BCUT2D eigenvalue weighted by Gasteiger charge is -2.33. The maximum atomic E-state index is 12.6. The van der Waals surface area contributed by atoms with Crippen molar-refractivity contribution in [1.82, 2.24) is 9.80 Å². The number of amides is 2. The summed E-state index contributed by atoms with van der Waals surface area (Å²) in [4.78, 5) is 41.1. The van der Waals surface area contributed by atoms with Crippen molar-refractivity contribution in [2.75, 3.05) is 44.6 Å². The largest absolute Gasteiger partial charge is 0.462 e. The number of rotatable bonds is 6. The minimum Gasteiger partial charge on any atom is -0.462 e. The minimum absolute atomic E-state index is 0.0557. The van der Waals surface area contributed by atoms with Crippen LogP contribution < -0.4 is 5.32 Å². The Morgan fingerprint density at radius 1 is 1.10 bits per heavy atom. The molecule has 0 unspecified atom stereocenters. The monoisotopic (exact) mass is 415 g/mol. The zero-order valence-corrected chi connectivity index (χ0v) is 17.5. The smallest absolute Gasteiger partial charge is 0.341 e. The fraction of sp³-hybridized carbons (Fsp3) is 0.381. The number of carbonyl (C=O) groups excluding carboxylic acids is 3. The van der Waals surface area contributed by atoms with Crippen LogP contribution in [0.1, 0.15) is 24.2 Å². The molecule has 1 saturated heterocycles. The van der Waals surface area contributed by atoms with Crippen molar-refractivity contribution >= 4 is 34.1 Å². The first kappa shape index (κ1) is 21.0. The van der Waals surface area contributed by atoms with Crippen molar-refractivity contribution in [2.24, 2.45) is 0 Å². The molecule has 1 aromatic heterocycles. The number of piperazine rings is 1. The van der Waals surface area contributed by atoms with Gasteiger partial charge < -0.3 is 15.0 Å². The molecular weight excluding hydrogens is 390 g/mol. The van der Waals surface area contributed by atoms with E-state index in [1.165, 1.54) is 11.3 Å². The van der Waals surface area contributed by atoms with Crippen LogP contribution in [0.3, 0.4) is 0 Å². The van der Waals surface area contributed by atoms with Gasteiger partial charge in [0.25, 0.3) is 0 Å². The second-order valence-corrected chi connectivity index (χ2v) is 7.82. The Bertz CT molecular complexity index is 873. The molecule has 2 aromatic rings. The van der Waals surface area contributed by atoms with Gasteiger partial charge in [0.15, 0.2) is 0 Å². The lowest BCUT2D eigenvalue weighted by atomic mass is 10.1. The van der Waals surface area contributed by atoms with Gasteiger partial charge in [0.2, 0.25) is 11.8 Å². The zero-order valence-electron chi connectivity index (χ0n) is 16.6. The molecule has 1 fully saturated rings. The van der Waals surface area contributed by atoms with Crippen molar-refractivity contribution in [3.05, 3.63) is 42.0 Å². The molecule has 1 aromatic carbocycles. The molecule has 0 radical (unpaired) electrons. The third kappa shape index (κ3) is 5.42. The third-order valence-electron chi connectivity index (χ3n) is 4.72. The van der Waals surface area contributed by atoms with Gasteiger partial charge in [-0.2, -0.15) is 0 Å². The Morgan fingerprint density at radius 2 is 1.79 bits per heavy atom. The summed E-state index contributed by atoms with van der Waals surface area (Å²) in [5.74, 6) is -0.579. The highest BCUT2D eigenvalue weighted by molar-refractivity contribution is 7.20. The molecule has 0 aliphatic carbocycles. The van der Waals surface area contributed by atoms with Crippen LogP contribution in [0.5, 0.6) is 0 Å². The van der Waals surface area contributed by atoms with E-state index in [0.29, 0.717) is 36.7 Å². The lowest BCUT2D eigenvalue weighted by Crippen LogP contribution is -2.49. The van der Waals surface area contributed by atoms with Crippen LogP contribution in [0, 0.1) is 0 Å². The first-order valence-electron chi connectivity index (χ1n) is 9.62. The summed E-state index contributed by atoms with van der Waals surface area (Å²) in [6, 6.07) is 11.5.